The Balaban J connectivity index is 1.71. The van der Waals surface area contributed by atoms with E-state index < -0.39 is 0 Å². The van der Waals surface area contributed by atoms with Gasteiger partial charge in [-0.25, -0.2) is 4.68 Å². The summed E-state index contributed by atoms with van der Waals surface area (Å²) < 4.78 is 1.24. The molecule has 1 saturated carbocycles. The van der Waals surface area contributed by atoms with Crippen LogP contribution in [0.5, 0.6) is 0 Å². The van der Waals surface area contributed by atoms with E-state index in [2.05, 4.69) is 10.4 Å². The molecule has 22 heavy (non-hydrogen) atoms. The number of fused-ring (bicyclic) bond motifs is 1. The molecule has 0 atom stereocenters. The monoisotopic (exact) mass is 299 g/mol. The number of carbonyl (C=O) groups is 1. The second-order valence-corrected chi connectivity index (χ2v) is 5.95. The van der Waals surface area contributed by atoms with Crippen LogP contribution in [0.2, 0.25) is 0 Å². The van der Waals surface area contributed by atoms with E-state index in [4.69, 9.17) is 0 Å². The highest BCUT2D eigenvalue weighted by molar-refractivity contribution is 5.81. The molecule has 5 nitrogen and oxygen atoms in total. The molecule has 1 amide bonds. The molecule has 0 radical (unpaired) electrons. The molecule has 3 rings (SSSR count). The Labute approximate surface area is 129 Å². The van der Waals surface area contributed by atoms with Crippen molar-refractivity contribution in [3.8, 4) is 0 Å². The Bertz CT molecular complexity index is 715. The van der Waals surface area contributed by atoms with E-state index in [9.17, 15) is 9.59 Å². The number of nitrogens with zero attached hydrogens (tertiary/aromatic N) is 2. The predicted molar refractivity (Wildman–Crippen MR) is 85.6 cm³/mol. The minimum absolute atomic E-state index is 0.0137. The number of nitrogens with one attached hydrogen (secondary N) is 1. The van der Waals surface area contributed by atoms with Gasteiger partial charge in [0, 0.05) is 11.4 Å². The second-order valence-electron chi connectivity index (χ2n) is 5.95. The van der Waals surface area contributed by atoms with E-state index in [-0.39, 0.29) is 24.1 Å². The lowest BCUT2D eigenvalue weighted by molar-refractivity contribution is -0.122. The zero-order valence-corrected chi connectivity index (χ0v) is 12.6. The van der Waals surface area contributed by atoms with Gasteiger partial charge >= 0.3 is 0 Å². The smallest absolute Gasteiger partial charge is 0.275 e. The van der Waals surface area contributed by atoms with Gasteiger partial charge in [-0.3, -0.25) is 9.59 Å². The number of benzene rings is 1. The van der Waals surface area contributed by atoms with Gasteiger partial charge in [0.25, 0.3) is 5.56 Å². The summed E-state index contributed by atoms with van der Waals surface area (Å²) in [7, 11) is 0. The van der Waals surface area contributed by atoms with Gasteiger partial charge in [0.15, 0.2) is 0 Å². The molecule has 0 unspecified atom stereocenters. The first-order valence-electron chi connectivity index (χ1n) is 7.98. The second kappa shape index (κ2) is 6.73. The van der Waals surface area contributed by atoms with Crippen LogP contribution in [-0.4, -0.2) is 21.7 Å². The molecule has 1 aromatic carbocycles. The van der Waals surface area contributed by atoms with Crippen molar-refractivity contribution in [1.29, 1.82) is 0 Å². The molecule has 2 aromatic rings. The summed E-state index contributed by atoms with van der Waals surface area (Å²) in [4.78, 5) is 24.5. The topological polar surface area (TPSA) is 64.0 Å². The van der Waals surface area contributed by atoms with Gasteiger partial charge in [0.2, 0.25) is 5.91 Å². The molecule has 116 valence electrons. The zero-order valence-electron chi connectivity index (χ0n) is 12.6. The molecule has 0 bridgehead atoms. The van der Waals surface area contributed by atoms with E-state index in [1.807, 2.05) is 18.2 Å². The molecular formula is C17H21N3O2. The first-order valence-corrected chi connectivity index (χ1v) is 7.98. The van der Waals surface area contributed by atoms with Crippen molar-refractivity contribution in [2.24, 2.45) is 0 Å². The molecule has 0 spiro atoms. The minimum Gasteiger partial charge on any atom is -0.352 e. The van der Waals surface area contributed by atoms with Crippen LogP contribution in [0.3, 0.4) is 0 Å². The first kappa shape index (κ1) is 14.8. The fraction of sp³-hybridized carbons (Fsp3) is 0.471. The number of amides is 1. The molecule has 1 heterocycles. The Hall–Kier alpha value is -2.17. The van der Waals surface area contributed by atoms with Gasteiger partial charge in [-0.1, -0.05) is 43.9 Å². The Kier molecular flexibility index (Phi) is 4.51. The Morgan fingerprint density at radius 3 is 2.68 bits per heavy atom. The molecule has 1 N–H and O–H groups in total. The standard InChI is InChI=1S/C17H21N3O2/c21-16(19-14-8-3-1-2-4-9-14)12-20-17(22)15-10-6-5-7-13(15)11-18-20/h5-7,10-11,14H,1-4,8-9,12H2,(H,19,21). The average Bonchev–Trinajstić information content (AvgIpc) is 2.79. The summed E-state index contributed by atoms with van der Waals surface area (Å²) in [5, 5.41) is 8.54. The van der Waals surface area contributed by atoms with Gasteiger partial charge in [-0.2, -0.15) is 5.10 Å². The maximum absolute atomic E-state index is 12.3. The van der Waals surface area contributed by atoms with Crippen molar-refractivity contribution in [2.75, 3.05) is 0 Å². The third-order valence-corrected chi connectivity index (χ3v) is 4.28. The average molecular weight is 299 g/mol. The highest BCUT2D eigenvalue weighted by atomic mass is 16.2. The van der Waals surface area contributed by atoms with Crippen molar-refractivity contribution in [1.82, 2.24) is 15.1 Å². The van der Waals surface area contributed by atoms with Gasteiger partial charge < -0.3 is 5.32 Å². The number of hydrogen-bond donors (Lipinski definition) is 1. The van der Waals surface area contributed by atoms with Crippen LogP contribution >= 0.6 is 0 Å². The van der Waals surface area contributed by atoms with Gasteiger partial charge in [-0.15, -0.1) is 0 Å². The lowest BCUT2D eigenvalue weighted by Gasteiger charge is -2.16. The quantitative estimate of drug-likeness (QED) is 0.884. The molecule has 1 aliphatic carbocycles. The van der Waals surface area contributed by atoms with Crippen molar-refractivity contribution >= 4 is 16.7 Å². The lowest BCUT2D eigenvalue weighted by atomic mass is 10.1. The first-order chi connectivity index (χ1) is 10.7. The Morgan fingerprint density at radius 2 is 1.91 bits per heavy atom. The Morgan fingerprint density at radius 1 is 1.18 bits per heavy atom. The fourth-order valence-corrected chi connectivity index (χ4v) is 3.07. The van der Waals surface area contributed by atoms with Gasteiger partial charge in [-0.05, 0) is 18.9 Å². The number of hydrogen-bond acceptors (Lipinski definition) is 3. The normalized spacial score (nSPS) is 16.4. The predicted octanol–water partition coefficient (Wildman–Crippen LogP) is 2.24. The fourth-order valence-electron chi connectivity index (χ4n) is 3.07. The maximum atomic E-state index is 12.3. The van der Waals surface area contributed by atoms with E-state index >= 15 is 0 Å². The van der Waals surface area contributed by atoms with E-state index in [0.29, 0.717) is 5.39 Å². The SMILES string of the molecule is O=C(Cn1ncc2ccccc2c1=O)NC1CCCCCC1. The summed E-state index contributed by atoms with van der Waals surface area (Å²) in [6.07, 6.45) is 8.53. The molecule has 0 aliphatic heterocycles. The highest BCUT2D eigenvalue weighted by Crippen LogP contribution is 2.17. The summed E-state index contributed by atoms with van der Waals surface area (Å²) in [6.45, 7) is -0.0137. The van der Waals surface area contributed by atoms with Crippen molar-refractivity contribution in [2.45, 2.75) is 51.1 Å². The van der Waals surface area contributed by atoms with Crippen molar-refractivity contribution in [3.05, 3.63) is 40.8 Å². The van der Waals surface area contributed by atoms with Crippen molar-refractivity contribution in [3.63, 3.8) is 0 Å². The van der Waals surface area contributed by atoms with E-state index in [0.717, 1.165) is 18.2 Å². The zero-order chi connectivity index (χ0) is 15.4. The molecule has 1 aliphatic rings. The molecule has 1 fully saturated rings. The maximum Gasteiger partial charge on any atom is 0.275 e. The van der Waals surface area contributed by atoms with Crippen LogP contribution in [0.15, 0.2) is 35.3 Å². The van der Waals surface area contributed by atoms with E-state index in [1.54, 1.807) is 12.3 Å². The summed E-state index contributed by atoms with van der Waals surface area (Å²) in [5.74, 6) is -0.128. The summed E-state index contributed by atoms with van der Waals surface area (Å²) in [5.41, 5.74) is -0.214. The van der Waals surface area contributed by atoms with Gasteiger partial charge in [0.1, 0.15) is 6.54 Å². The highest BCUT2D eigenvalue weighted by Gasteiger charge is 2.15. The van der Waals surface area contributed by atoms with Crippen LogP contribution in [0.4, 0.5) is 0 Å². The van der Waals surface area contributed by atoms with Crippen LogP contribution in [0.25, 0.3) is 10.8 Å². The minimum atomic E-state index is -0.214. The third-order valence-electron chi connectivity index (χ3n) is 4.28. The molecular weight excluding hydrogens is 278 g/mol. The number of rotatable bonds is 3. The van der Waals surface area contributed by atoms with Gasteiger partial charge in [0.05, 0.1) is 11.6 Å². The molecule has 5 heteroatoms. The van der Waals surface area contributed by atoms with Crippen LogP contribution in [0.1, 0.15) is 38.5 Å². The summed E-state index contributed by atoms with van der Waals surface area (Å²) in [6, 6.07) is 7.54. The third kappa shape index (κ3) is 3.35. The largest absolute Gasteiger partial charge is 0.352 e. The van der Waals surface area contributed by atoms with Crippen LogP contribution < -0.4 is 10.9 Å². The van der Waals surface area contributed by atoms with E-state index in [1.165, 1.54) is 30.4 Å². The molecule has 0 saturated heterocycles. The number of aromatic nitrogens is 2. The van der Waals surface area contributed by atoms with Crippen molar-refractivity contribution < 1.29 is 4.79 Å². The van der Waals surface area contributed by atoms with Crippen LogP contribution in [-0.2, 0) is 11.3 Å². The molecule has 1 aromatic heterocycles. The number of carbonyl (C=O) groups excluding carboxylic acids is 1. The summed E-state index contributed by atoms with van der Waals surface area (Å²) >= 11 is 0. The lowest BCUT2D eigenvalue weighted by Crippen LogP contribution is -2.39. The van der Waals surface area contributed by atoms with Crippen LogP contribution in [0, 0.1) is 0 Å².